The van der Waals surface area contributed by atoms with E-state index in [2.05, 4.69) is 9.46 Å². The van der Waals surface area contributed by atoms with Crippen molar-refractivity contribution in [3.05, 3.63) is 34.6 Å². The standard InChI is InChI=1S/C10H12NO4S/c1-8-3-5-9(6-4-8)16(13,14)11-7-10(12)15-2/h3-6H,7H2,1-2H3/q-1. The molecular weight excluding hydrogens is 230 g/mol. The molecule has 0 saturated heterocycles. The summed E-state index contributed by atoms with van der Waals surface area (Å²) in [5.41, 5.74) is 0.951. The van der Waals surface area contributed by atoms with Gasteiger partial charge in [0.15, 0.2) is 0 Å². The molecular formula is C10H12NO4S-. The van der Waals surface area contributed by atoms with E-state index in [0.29, 0.717) is 0 Å². The highest BCUT2D eigenvalue weighted by Crippen LogP contribution is 2.16. The van der Waals surface area contributed by atoms with Crippen molar-refractivity contribution in [2.75, 3.05) is 13.7 Å². The van der Waals surface area contributed by atoms with Crippen LogP contribution in [0.2, 0.25) is 0 Å². The first-order valence-corrected chi connectivity index (χ1v) is 5.97. The minimum atomic E-state index is -3.76. The summed E-state index contributed by atoms with van der Waals surface area (Å²) < 4.78 is 30.8. The van der Waals surface area contributed by atoms with Crippen molar-refractivity contribution in [1.82, 2.24) is 0 Å². The van der Waals surface area contributed by atoms with Crippen LogP contribution in [0.3, 0.4) is 0 Å². The Morgan fingerprint density at radius 2 is 1.88 bits per heavy atom. The molecule has 0 fully saturated rings. The molecule has 0 radical (unpaired) electrons. The Hall–Kier alpha value is -1.40. The summed E-state index contributed by atoms with van der Waals surface area (Å²) in [6, 6.07) is 6.23. The average Bonchev–Trinajstić information content (AvgIpc) is 2.26. The number of hydrogen-bond acceptors (Lipinski definition) is 4. The average molecular weight is 242 g/mol. The number of ether oxygens (including phenoxy) is 1. The predicted molar refractivity (Wildman–Crippen MR) is 58.6 cm³/mol. The van der Waals surface area contributed by atoms with Crippen molar-refractivity contribution in [2.45, 2.75) is 11.8 Å². The zero-order chi connectivity index (χ0) is 12.2. The van der Waals surface area contributed by atoms with Gasteiger partial charge in [-0.3, -0.25) is 4.79 Å². The molecule has 0 saturated carbocycles. The fourth-order valence-corrected chi connectivity index (χ4v) is 1.89. The highest BCUT2D eigenvalue weighted by molar-refractivity contribution is 7.94. The SMILES string of the molecule is COC(=O)C[N-]S(=O)(=O)c1ccc(C)cc1. The van der Waals surface area contributed by atoms with E-state index in [-0.39, 0.29) is 4.90 Å². The van der Waals surface area contributed by atoms with E-state index in [0.717, 1.165) is 5.56 Å². The molecule has 5 nitrogen and oxygen atoms in total. The van der Waals surface area contributed by atoms with Crippen molar-refractivity contribution in [3.8, 4) is 0 Å². The van der Waals surface area contributed by atoms with E-state index in [1.807, 2.05) is 6.92 Å². The molecule has 6 heteroatoms. The van der Waals surface area contributed by atoms with Crippen LogP contribution in [0, 0.1) is 6.92 Å². The normalized spacial score (nSPS) is 11.1. The number of rotatable bonds is 4. The van der Waals surface area contributed by atoms with Gasteiger partial charge in [-0.25, -0.2) is 8.42 Å². The Kier molecular flexibility index (Phi) is 4.03. The maximum absolute atomic E-state index is 11.6. The van der Waals surface area contributed by atoms with Crippen LogP contribution < -0.4 is 0 Å². The zero-order valence-corrected chi connectivity index (χ0v) is 9.82. The number of methoxy groups -OCH3 is 1. The Morgan fingerprint density at radius 3 is 2.38 bits per heavy atom. The zero-order valence-electron chi connectivity index (χ0n) is 9.00. The largest absolute Gasteiger partial charge is 0.535 e. The summed E-state index contributed by atoms with van der Waals surface area (Å²) in [6.45, 7) is 1.36. The number of hydrogen-bond donors (Lipinski definition) is 0. The van der Waals surface area contributed by atoms with Crippen LogP contribution in [0.5, 0.6) is 0 Å². The summed E-state index contributed by atoms with van der Waals surface area (Å²) in [4.78, 5) is 10.8. The smallest absolute Gasteiger partial charge is 0.285 e. The quantitative estimate of drug-likeness (QED) is 0.744. The minimum absolute atomic E-state index is 0.0713. The molecule has 1 aromatic carbocycles. The molecule has 0 bridgehead atoms. The lowest BCUT2D eigenvalue weighted by atomic mass is 10.2. The van der Waals surface area contributed by atoms with Gasteiger partial charge in [0, 0.05) is 4.90 Å². The molecule has 0 spiro atoms. The van der Waals surface area contributed by atoms with E-state index >= 15 is 0 Å². The third-order valence-electron chi connectivity index (χ3n) is 1.91. The summed E-state index contributed by atoms with van der Waals surface area (Å²) in [7, 11) is -2.58. The maximum Gasteiger partial charge on any atom is 0.285 e. The molecule has 16 heavy (non-hydrogen) atoms. The first kappa shape index (κ1) is 12.7. The summed E-state index contributed by atoms with van der Waals surface area (Å²) in [5, 5.41) is 0. The highest BCUT2D eigenvalue weighted by atomic mass is 32.2. The molecule has 0 aliphatic heterocycles. The molecule has 0 aliphatic carbocycles. The van der Waals surface area contributed by atoms with Gasteiger partial charge < -0.3 is 9.46 Å². The second kappa shape index (κ2) is 5.09. The van der Waals surface area contributed by atoms with Crippen molar-refractivity contribution in [2.24, 2.45) is 0 Å². The van der Waals surface area contributed by atoms with Gasteiger partial charge in [0.1, 0.15) is 10.0 Å². The second-order valence-electron chi connectivity index (χ2n) is 3.15. The Labute approximate surface area is 94.5 Å². The third-order valence-corrected chi connectivity index (χ3v) is 3.25. The number of benzene rings is 1. The van der Waals surface area contributed by atoms with Gasteiger partial charge in [-0.2, -0.15) is 0 Å². The van der Waals surface area contributed by atoms with Gasteiger partial charge in [-0.05, 0) is 25.6 Å². The number of esters is 1. The Balaban J connectivity index is 2.78. The summed E-state index contributed by atoms with van der Waals surface area (Å²) >= 11 is 0. The van der Waals surface area contributed by atoms with E-state index < -0.39 is 22.5 Å². The van der Waals surface area contributed by atoms with Crippen molar-refractivity contribution < 1.29 is 17.9 Å². The lowest BCUT2D eigenvalue weighted by Gasteiger charge is -2.18. The number of aryl methyl sites for hydroxylation is 1. The molecule has 0 aromatic heterocycles. The van der Waals surface area contributed by atoms with Gasteiger partial charge in [-0.15, -0.1) is 0 Å². The molecule has 0 amide bonds. The maximum atomic E-state index is 11.6. The van der Waals surface area contributed by atoms with Crippen molar-refractivity contribution in [3.63, 3.8) is 0 Å². The van der Waals surface area contributed by atoms with Gasteiger partial charge in [0.05, 0.1) is 7.11 Å². The fourth-order valence-electron chi connectivity index (χ4n) is 0.987. The van der Waals surface area contributed by atoms with E-state index in [9.17, 15) is 13.2 Å². The first-order valence-electron chi connectivity index (χ1n) is 4.53. The first-order chi connectivity index (χ1) is 7.45. The minimum Gasteiger partial charge on any atom is -0.535 e. The number of carbonyl (C=O) groups excluding carboxylic acids is 1. The van der Waals surface area contributed by atoms with Crippen LogP contribution >= 0.6 is 0 Å². The van der Waals surface area contributed by atoms with Crippen LogP contribution in [-0.4, -0.2) is 28.0 Å². The predicted octanol–water partition coefficient (Wildman–Crippen LogP) is 1.23. The second-order valence-corrected chi connectivity index (χ2v) is 4.83. The van der Waals surface area contributed by atoms with Crippen LogP contribution in [-0.2, 0) is 19.6 Å². The van der Waals surface area contributed by atoms with E-state index in [1.165, 1.54) is 19.2 Å². The fraction of sp³-hybridized carbons (Fsp3) is 0.300. The third kappa shape index (κ3) is 3.32. The molecule has 0 N–H and O–H groups in total. The van der Waals surface area contributed by atoms with Gasteiger partial charge in [0.2, 0.25) is 0 Å². The Morgan fingerprint density at radius 1 is 1.31 bits per heavy atom. The lowest BCUT2D eigenvalue weighted by molar-refractivity contribution is -0.138. The van der Waals surface area contributed by atoms with Crippen LogP contribution in [0.15, 0.2) is 29.2 Å². The van der Waals surface area contributed by atoms with Crippen LogP contribution in [0.4, 0.5) is 0 Å². The number of sulfonamides is 1. The number of nitrogens with zero attached hydrogens (tertiary/aromatic N) is 1. The van der Waals surface area contributed by atoms with E-state index in [1.54, 1.807) is 12.1 Å². The summed E-state index contributed by atoms with van der Waals surface area (Å²) in [5.74, 6) is -0.685. The molecule has 1 rings (SSSR count). The van der Waals surface area contributed by atoms with Crippen molar-refractivity contribution in [1.29, 1.82) is 0 Å². The molecule has 1 aromatic rings. The van der Waals surface area contributed by atoms with Crippen LogP contribution in [0.25, 0.3) is 4.72 Å². The summed E-state index contributed by atoms with van der Waals surface area (Å²) in [6.07, 6.45) is 0. The topological polar surface area (TPSA) is 74.5 Å². The molecule has 0 atom stereocenters. The van der Waals surface area contributed by atoms with Gasteiger partial charge >= 0.3 is 0 Å². The lowest BCUT2D eigenvalue weighted by Crippen LogP contribution is -2.10. The van der Waals surface area contributed by atoms with Crippen molar-refractivity contribution >= 4 is 16.0 Å². The molecule has 0 unspecified atom stereocenters. The highest BCUT2D eigenvalue weighted by Gasteiger charge is 2.04. The molecule has 88 valence electrons. The molecule has 0 heterocycles. The molecule has 0 aliphatic rings. The van der Waals surface area contributed by atoms with Gasteiger partial charge in [-0.1, -0.05) is 17.7 Å². The monoisotopic (exact) mass is 242 g/mol. The van der Waals surface area contributed by atoms with Gasteiger partial charge in [0.25, 0.3) is 5.97 Å². The Bertz CT molecular complexity index is 464. The number of carbonyl (C=O) groups is 1. The van der Waals surface area contributed by atoms with Crippen LogP contribution in [0.1, 0.15) is 5.56 Å². The van der Waals surface area contributed by atoms with E-state index in [4.69, 9.17) is 0 Å².